The van der Waals surface area contributed by atoms with Gasteiger partial charge in [-0.2, -0.15) is 0 Å². The van der Waals surface area contributed by atoms with Gasteiger partial charge in [0.1, 0.15) is 18.1 Å². The molecule has 0 fully saturated rings. The standard InChI is InChI=1S/C18H18BrNO2/c1-20-9-3-4-14-10-15(19)11-17(18(14)20)22-12-13-5-7-16(21-2)8-6-13/h3-8,10-11H,9,12H2,1-2H3. The molecule has 2 aromatic carbocycles. The van der Waals surface area contributed by atoms with Gasteiger partial charge in [0.2, 0.25) is 0 Å². The molecule has 4 heteroatoms. The van der Waals surface area contributed by atoms with Gasteiger partial charge in [-0.3, -0.25) is 0 Å². The second kappa shape index (κ2) is 6.44. The minimum absolute atomic E-state index is 0.532. The van der Waals surface area contributed by atoms with Crippen LogP contribution in [0.3, 0.4) is 0 Å². The van der Waals surface area contributed by atoms with Gasteiger partial charge < -0.3 is 14.4 Å². The van der Waals surface area contributed by atoms with Gasteiger partial charge >= 0.3 is 0 Å². The molecule has 2 aromatic rings. The number of methoxy groups -OCH3 is 1. The van der Waals surface area contributed by atoms with Crippen LogP contribution in [-0.4, -0.2) is 20.7 Å². The Kier molecular flexibility index (Phi) is 4.39. The summed E-state index contributed by atoms with van der Waals surface area (Å²) in [6.45, 7) is 1.43. The number of hydrogen-bond donors (Lipinski definition) is 0. The Hall–Kier alpha value is -1.94. The van der Waals surface area contributed by atoms with Crippen molar-refractivity contribution in [2.75, 3.05) is 25.6 Å². The lowest BCUT2D eigenvalue weighted by atomic mass is 10.1. The summed E-state index contributed by atoms with van der Waals surface area (Å²) in [5.74, 6) is 1.75. The van der Waals surface area contributed by atoms with Crippen molar-refractivity contribution >= 4 is 27.7 Å². The Bertz CT molecular complexity index is 695. The van der Waals surface area contributed by atoms with Crippen molar-refractivity contribution in [3.63, 3.8) is 0 Å². The van der Waals surface area contributed by atoms with Gasteiger partial charge in [0, 0.05) is 23.6 Å². The number of likely N-dealkylation sites (N-methyl/N-ethyl adjacent to an activating group) is 1. The fraction of sp³-hybridized carbons (Fsp3) is 0.222. The van der Waals surface area contributed by atoms with Gasteiger partial charge in [0.25, 0.3) is 0 Å². The van der Waals surface area contributed by atoms with Crippen LogP contribution in [0.25, 0.3) is 6.08 Å². The Morgan fingerprint density at radius 3 is 2.68 bits per heavy atom. The Labute approximate surface area is 139 Å². The zero-order valence-corrected chi connectivity index (χ0v) is 14.3. The highest BCUT2D eigenvalue weighted by Gasteiger charge is 2.16. The fourth-order valence-electron chi connectivity index (χ4n) is 2.55. The molecule has 0 spiro atoms. The van der Waals surface area contributed by atoms with E-state index in [9.17, 15) is 0 Å². The molecule has 3 rings (SSSR count). The largest absolute Gasteiger partial charge is 0.497 e. The third-order valence-electron chi connectivity index (χ3n) is 3.68. The number of halogens is 1. The second-order valence-electron chi connectivity index (χ2n) is 5.26. The first-order chi connectivity index (χ1) is 10.7. The highest BCUT2D eigenvalue weighted by atomic mass is 79.9. The van der Waals surface area contributed by atoms with Crippen molar-refractivity contribution < 1.29 is 9.47 Å². The molecule has 0 aliphatic carbocycles. The molecule has 0 bridgehead atoms. The lowest BCUT2D eigenvalue weighted by Gasteiger charge is -2.26. The number of anilines is 1. The van der Waals surface area contributed by atoms with Gasteiger partial charge in [-0.1, -0.05) is 40.2 Å². The van der Waals surface area contributed by atoms with E-state index < -0.39 is 0 Å². The van der Waals surface area contributed by atoms with E-state index in [1.165, 1.54) is 5.56 Å². The normalized spacial score (nSPS) is 13.0. The van der Waals surface area contributed by atoms with E-state index in [0.29, 0.717) is 6.61 Å². The van der Waals surface area contributed by atoms with E-state index in [0.717, 1.165) is 33.8 Å². The van der Waals surface area contributed by atoms with Gasteiger partial charge in [-0.15, -0.1) is 0 Å². The van der Waals surface area contributed by atoms with Crippen molar-refractivity contribution in [2.24, 2.45) is 0 Å². The van der Waals surface area contributed by atoms with Crippen LogP contribution in [0, 0.1) is 0 Å². The van der Waals surface area contributed by atoms with Gasteiger partial charge in [0.05, 0.1) is 12.8 Å². The summed E-state index contributed by atoms with van der Waals surface area (Å²) in [4.78, 5) is 2.20. The average Bonchev–Trinajstić information content (AvgIpc) is 2.53. The molecule has 114 valence electrons. The Morgan fingerprint density at radius 2 is 1.95 bits per heavy atom. The summed E-state index contributed by atoms with van der Waals surface area (Å²) >= 11 is 3.56. The molecule has 0 atom stereocenters. The minimum atomic E-state index is 0.532. The van der Waals surface area contributed by atoms with E-state index in [4.69, 9.17) is 9.47 Å². The first-order valence-electron chi connectivity index (χ1n) is 7.14. The SMILES string of the molecule is COc1ccc(COc2cc(Br)cc3c2N(C)CC=C3)cc1. The molecule has 0 saturated carbocycles. The molecule has 0 radical (unpaired) electrons. The van der Waals surface area contributed by atoms with Crippen LogP contribution in [0.5, 0.6) is 11.5 Å². The van der Waals surface area contributed by atoms with Crippen LogP contribution in [0.1, 0.15) is 11.1 Å². The van der Waals surface area contributed by atoms with E-state index in [-0.39, 0.29) is 0 Å². The summed E-state index contributed by atoms with van der Waals surface area (Å²) in [5.41, 5.74) is 3.43. The fourth-order valence-corrected chi connectivity index (χ4v) is 3.01. The predicted octanol–water partition coefficient (Wildman–Crippen LogP) is 4.50. The van der Waals surface area contributed by atoms with E-state index in [1.807, 2.05) is 30.3 Å². The summed E-state index contributed by atoms with van der Waals surface area (Å²) in [5, 5.41) is 0. The third kappa shape index (κ3) is 3.12. The molecule has 0 aromatic heterocycles. The number of benzene rings is 2. The molecular weight excluding hydrogens is 342 g/mol. The molecule has 1 heterocycles. The van der Waals surface area contributed by atoms with Crippen molar-refractivity contribution in [1.29, 1.82) is 0 Å². The van der Waals surface area contributed by atoms with Crippen molar-refractivity contribution in [1.82, 2.24) is 0 Å². The van der Waals surface area contributed by atoms with E-state index >= 15 is 0 Å². The van der Waals surface area contributed by atoms with Crippen molar-refractivity contribution in [3.05, 3.63) is 58.1 Å². The maximum Gasteiger partial charge on any atom is 0.144 e. The quantitative estimate of drug-likeness (QED) is 0.801. The first-order valence-corrected chi connectivity index (χ1v) is 7.93. The zero-order chi connectivity index (χ0) is 15.5. The molecule has 3 nitrogen and oxygen atoms in total. The number of hydrogen-bond acceptors (Lipinski definition) is 3. The first kappa shape index (κ1) is 15.0. The lowest BCUT2D eigenvalue weighted by molar-refractivity contribution is 0.306. The molecular formula is C18H18BrNO2. The molecule has 22 heavy (non-hydrogen) atoms. The van der Waals surface area contributed by atoms with Crippen LogP contribution >= 0.6 is 15.9 Å². The lowest BCUT2D eigenvalue weighted by Crippen LogP contribution is -2.21. The highest BCUT2D eigenvalue weighted by molar-refractivity contribution is 9.10. The average molecular weight is 360 g/mol. The Morgan fingerprint density at radius 1 is 1.18 bits per heavy atom. The maximum atomic E-state index is 6.07. The monoisotopic (exact) mass is 359 g/mol. The summed E-state index contributed by atoms with van der Waals surface area (Å²) in [7, 11) is 3.75. The van der Waals surface area contributed by atoms with Gasteiger partial charge in [-0.05, 0) is 29.8 Å². The topological polar surface area (TPSA) is 21.7 Å². The number of rotatable bonds is 4. The summed E-state index contributed by atoms with van der Waals surface area (Å²) in [6.07, 6.45) is 4.29. The predicted molar refractivity (Wildman–Crippen MR) is 93.8 cm³/mol. The Balaban J connectivity index is 1.82. The molecule has 0 N–H and O–H groups in total. The van der Waals surface area contributed by atoms with Crippen LogP contribution in [0.2, 0.25) is 0 Å². The van der Waals surface area contributed by atoms with Gasteiger partial charge in [-0.25, -0.2) is 0 Å². The van der Waals surface area contributed by atoms with E-state index in [2.05, 4.69) is 46.1 Å². The number of nitrogens with zero attached hydrogens (tertiary/aromatic N) is 1. The maximum absolute atomic E-state index is 6.07. The van der Waals surface area contributed by atoms with Crippen molar-refractivity contribution in [2.45, 2.75) is 6.61 Å². The van der Waals surface area contributed by atoms with Crippen LogP contribution in [-0.2, 0) is 6.61 Å². The molecule has 0 saturated heterocycles. The molecule has 1 aliphatic heterocycles. The van der Waals surface area contributed by atoms with Gasteiger partial charge in [0.15, 0.2) is 0 Å². The van der Waals surface area contributed by atoms with Crippen molar-refractivity contribution in [3.8, 4) is 11.5 Å². The van der Waals surface area contributed by atoms with Crippen LogP contribution in [0.15, 0.2) is 46.9 Å². The third-order valence-corrected chi connectivity index (χ3v) is 4.14. The highest BCUT2D eigenvalue weighted by Crippen LogP contribution is 2.38. The summed E-state index contributed by atoms with van der Waals surface area (Å²) < 4.78 is 12.3. The second-order valence-corrected chi connectivity index (χ2v) is 6.18. The molecule has 0 amide bonds. The smallest absolute Gasteiger partial charge is 0.144 e. The number of ether oxygens (including phenoxy) is 2. The molecule has 0 unspecified atom stereocenters. The van der Waals surface area contributed by atoms with Crippen LogP contribution in [0.4, 0.5) is 5.69 Å². The van der Waals surface area contributed by atoms with E-state index in [1.54, 1.807) is 7.11 Å². The zero-order valence-electron chi connectivity index (χ0n) is 12.7. The molecule has 1 aliphatic rings. The summed E-state index contributed by atoms with van der Waals surface area (Å²) in [6, 6.07) is 12.1. The number of fused-ring (bicyclic) bond motifs is 1. The minimum Gasteiger partial charge on any atom is -0.497 e. The van der Waals surface area contributed by atoms with Crippen LogP contribution < -0.4 is 14.4 Å².